The Morgan fingerprint density at radius 2 is 1.93 bits per heavy atom. The molecule has 1 heterocycles. The second-order valence-corrected chi connectivity index (χ2v) is 6.37. The van der Waals surface area contributed by atoms with Gasteiger partial charge in [-0.05, 0) is 23.8 Å². The fourth-order valence-electron chi connectivity index (χ4n) is 2.19. The number of hydrogen-bond donors (Lipinski definition) is 2. The van der Waals surface area contributed by atoms with E-state index in [0.717, 1.165) is 5.56 Å². The Balaban J connectivity index is 1.47. The summed E-state index contributed by atoms with van der Waals surface area (Å²) in [5, 5.41) is 7.71. The maximum atomic E-state index is 13.1. The topological polar surface area (TPSA) is 80.3 Å². The van der Waals surface area contributed by atoms with Crippen LogP contribution in [-0.2, 0) is 16.1 Å². The highest BCUT2D eigenvalue weighted by Gasteiger charge is 2.14. The van der Waals surface area contributed by atoms with E-state index < -0.39 is 24.3 Å². The van der Waals surface area contributed by atoms with Crippen LogP contribution in [0.1, 0.15) is 16.1 Å². The first-order chi connectivity index (χ1) is 13.1. The molecule has 0 aliphatic heterocycles. The Labute approximate surface area is 159 Å². The predicted octanol–water partition coefficient (Wildman–Crippen LogP) is 3.69. The summed E-state index contributed by atoms with van der Waals surface area (Å²) in [6.45, 7) is 0.0958. The smallest absolute Gasteiger partial charge is 0.358 e. The number of rotatable bonds is 7. The lowest BCUT2D eigenvalue weighted by atomic mass is 10.2. The first-order valence-corrected chi connectivity index (χ1v) is 8.94. The molecule has 1 aromatic heterocycles. The van der Waals surface area contributed by atoms with Crippen LogP contribution in [0.4, 0.5) is 15.2 Å². The Bertz CT molecular complexity index is 931. The zero-order chi connectivity index (χ0) is 19.1. The first kappa shape index (κ1) is 18.5. The number of hydrogen-bond acceptors (Lipinski definition) is 6. The van der Waals surface area contributed by atoms with Crippen LogP contribution in [-0.4, -0.2) is 23.5 Å². The zero-order valence-electron chi connectivity index (χ0n) is 14.1. The summed E-state index contributed by atoms with van der Waals surface area (Å²) in [4.78, 5) is 27.9. The Kier molecular flexibility index (Phi) is 6.11. The molecule has 138 valence electrons. The molecule has 0 atom stereocenters. The van der Waals surface area contributed by atoms with E-state index in [0.29, 0.717) is 11.7 Å². The van der Waals surface area contributed by atoms with Gasteiger partial charge < -0.3 is 15.4 Å². The van der Waals surface area contributed by atoms with Crippen molar-refractivity contribution in [2.75, 3.05) is 17.2 Å². The van der Waals surface area contributed by atoms with E-state index in [9.17, 15) is 14.0 Å². The molecule has 3 aromatic rings. The molecule has 0 aliphatic rings. The lowest BCUT2D eigenvalue weighted by molar-refractivity contribution is -0.119. The Morgan fingerprint density at radius 3 is 2.70 bits per heavy atom. The monoisotopic (exact) mass is 385 g/mol. The van der Waals surface area contributed by atoms with Crippen LogP contribution in [0.3, 0.4) is 0 Å². The lowest BCUT2D eigenvalue weighted by Gasteiger charge is -2.05. The van der Waals surface area contributed by atoms with Crippen LogP contribution in [0.15, 0.2) is 60.0 Å². The summed E-state index contributed by atoms with van der Waals surface area (Å²) in [7, 11) is 0. The van der Waals surface area contributed by atoms with E-state index in [-0.39, 0.29) is 11.4 Å². The van der Waals surface area contributed by atoms with Crippen molar-refractivity contribution < 1.29 is 18.7 Å². The Morgan fingerprint density at radius 1 is 1.11 bits per heavy atom. The molecule has 0 bridgehead atoms. The van der Waals surface area contributed by atoms with Gasteiger partial charge in [-0.15, -0.1) is 11.3 Å². The van der Waals surface area contributed by atoms with Crippen molar-refractivity contribution in [3.63, 3.8) is 0 Å². The zero-order valence-corrected chi connectivity index (χ0v) is 15.0. The maximum absolute atomic E-state index is 13.1. The number of carbonyl (C=O) groups is 2. The molecule has 0 unspecified atom stereocenters. The number of amides is 1. The number of carbonyl (C=O) groups excluding carboxylic acids is 2. The third-order valence-corrected chi connectivity index (χ3v) is 4.24. The van der Waals surface area contributed by atoms with Gasteiger partial charge in [-0.1, -0.05) is 36.4 Å². The molecule has 6 nitrogen and oxygen atoms in total. The number of nitrogens with one attached hydrogen (secondary N) is 2. The van der Waals surface area contributed by atoms with Crippen LogP contribution >= 0.6 is 11.3 Å². The van der Waals surface area contributed by atoms with Gasteiger partial charge in [0, 0.05) is 17.6 Å². The number of esters is 1. The van der Waals surface area contributed by atoms with E-state index in [2.05, 4.69) is 15.6 Å². The molecule has 3 rings (SSSR count). The third-order valence-electron chi connectivity index (χ3n) is 3.44. The molecule has 27 heavy (non-hydrogen) atoms. The summed E-state index contributed by atoms with van der Waals surface area (Å²) < 4.78 is 18.0. The average Bonchev–Trinajstić information content (AvgIpc) is 3.14. The first-order valence-electron chi connectivity index (χ1n) is 8.06. The second kappa shape index (κ2) is 8.91. The fraction of sp³-hybridized carbons (Fsp3) is 0.105. The highest BCUT2D eigenvalue weighted by atomic mass is 32.1. The summed E-state index contributed by atoms with van der Waals surface area (Å²) >= 11 is 1.27. The van der Waals surface area contributed by atoms with Crippen LogP contribution in [0.5, 0.6) is 0 Å². The van der Waals surface area contributed by atoms with Crippen molar-refractivity contribution in [1.29, 1.82) is 0 Å². The highest BCUT2D eigenvalue weighted by Crippen LogP contribution is 2.17. The van der Waals surface area contributed by atoms with Crippen LogP contribution < -0.4 is 10.6 Å². The van der Waals surface area contributed by atoms with Crippen LogP contribution in [0.2, 0.25) is 0 Å². The van der Waals surface area contributed by atoms with Crippen molar-refractivity contribution >= 4 is 34.0 Å². The molecule has 0 aliphatic carbocycles. The number of thiazole rings is 1. The van der Waals surface area contributed by atoms with Crippen molar-refractivity contribution in [2.24, 2.45) is 0 Å². The second-order valence-electron chi connectivity index (χ2n) is 5.51. The van der Waals surface area contributed by atoms with E-state index in [1.165, 1.54) is 35.6 Å². The minimum absolute atomic E-state index is 0.120. The number of ether oxygens (including phenoxy) is 1. The summed E-state index contributed by atoms with van der Waals surface area (Å²) in [5.41, 5.74) is 1.50. The van der Waals surface area contributed by atoms with Gasteiger partial charge in [0.15, 0.2) is 17.4 Å². The van der Waals surface area contributed by atoms with Gasteiger partial charge in [0.1, 0.15) is 5.82 Å². The summed E-state index contributed by atoms with van der Waals surface area (Å²) in [6.07, 6.45) is 0. The van der Waals surface area contributed by atoms with Gasteiger partial charge in [0.25, 0.3) is 5.91 Å². The standard InChI is InChI=1S/C19H16FN3O3S/c20-14-7-4-8-15(9-14)22-17(24)11-26-18(25)16-12-27-19(23-16)21-10-13-5-2-1-3-6-13/h1-9,12H,10-11H2,(H,21,23)(H,22,24). The fourth-order valence-corrected chi connectivity index (χ4v) is 2.87. The predicted molar refractivity (Wildman–Crippen MR) is 101 cm³/mol. The quantitative estimate of drug-likeness (QED) is 0.607. The molecular formula is C19H16FN3O3S. The molecule has 0 spiro atoms. The van der Waals surface area contributed by atoms with Crippen molar-refractivity contribution in [3.8, 4) is 0 Å². The molecule has 0 saturated carbocycles. The van der Waals surface area contributed by atoms with Gasteiger partial charge in [-0.2, -0.15) is 0 Å². The van der Waals surface area contributed by atoms with Gasteiger partial charge >= 0.3 is 5.97 Å². The van der Waals surface area contributed by atoms with Gasteiger partial charge in [0.05, 0.1) is 0 Å². The normalized spacial score (nSPS) is 10.3. The van der Waals surface area contributed by atoms with Crippen molar-refractivity contribution in [3.05, 3.63) is 77.1 Å². The number of nitrogens with zero attached hydrogens (tertiary/aromatic N) is 1. The lowest BCUT2D eigenvalue weighted by Crippen LogP contribution is -2.21. The molecule has 0 fully saturated rings. The maximum Gasteiger partial charge on any atom is 0.358 e. The van der Waals surface area contributed by atoms with Gasteiger partial charge in [-0.25, -0.2) is 14.2 Å². The SMILES string of the molecule is O=C(COC(=O)c1csc(NCc2ccccc2)n1)Nc1cccc(F)c1. The molecule has 8 heteroatoms. The molecule has 0 saturated heterocycles. The van der Waals surface area contributed by atoms with Crippen molar-refractivity contribution in [1.82, 2.24) is 4.98 Å². The van der Waals surface area contributed by atoms with E-state index in [4.69, 9.17) is 4.74 Å². The number of aromatic nitrogens is 1. The van der Waals surface area contributed by atoms with Gasteiger partial charge in [-0.3, -0.25) is 4.79 Å². The third kappa shape index (κ3) is 5.61. The largest absolute Gasteiger partial charge is 0.451 e. The molecule has 1 amide bonds. The number of halogens is 1. The van der Waals surface area contributed by atoms with E-state index >= 15 is 0 Å². The van der Waals surface area contributed by atoms with Crippen LogP contribution in [0, 0.1) is 5.82 Å². The van der Waals surface area contributed by atoms with E-state index in [1.807, 2.05) is 30.3 Å². The summed E-state index contributed by atoms with van der Waals surface area (Å²) in [6, 6.07) is 15.2. The Hall–Kier alpha value is -3.26. The number of benzene rings is 2. The van der Waals surface area contributed by atoms with E-state index in [1.54, 1.807) is 5.38 Å². The van der Waals surface area contributed by atoms with Crippen molar-refractivity contribution in [2.45, 2.75) is 6.54 Å². The average molecular weight is 385 g/mol. The van der Waals surface area contributed by atoms with Gasteiger partial charge in [0.2, 0.25) is 0 Å². The molecular weight excluding hydrogens is 369 g/mol. The number of anilines is 2. The molecule has 0 radical (unpaired) electrons. The minimum atomic E-state index is -0.701. The minimum Gasteiger partial charge on any atom is -0.451 e. The highest BCUT2D eigenvalue weighted by molar-refractivity contribution is 7.13. The molecule has 2 N–H and O–H groups in total. The summed E-state index contributed by atoms with van der Waals surface area (Å²) in [5.74, 6) is -1.73. The van der Waals surface area contributed by atoms with Crippen LogP contribution in [0.25, 0.3) is 0 Å². The molecule has 2 aromatic carbocycles.